The summed E-state index contributed by atoms with van der Waals surface area (Å²) in [5, 5.41) is 0.518. The van der Waals surface area contributed by atoms with Gasteiger partial charge in [-0.2, -0.15) is 4.98 Å². The van der Waals surface area contributed by atoms with Crippen LogP contribution in [0.5, 0.6) is 0 Å². The third-order valence-electron chi connectivity index (χ3n) is 3.81. The molecule has 0 spiro atoms. The summed E-state index contributed by atoms with van der Waals surface area (Å²) in [6.45, 7) is 8.00. The largest absolute Gasteiger partial charge is 0.369 e. The highest BCUT2D eigenvalue weighted by molar-refractivity contribution is 6.02. The fraction of sp³-hybridized carbons (Fsp3) is 0.182. The first-order valence-corrected chi connectivity index (χ1v) is 9.26. The number of nitrogens with one attached hydrogen (secondary N) is 2. The van der Waals surface area contributed by atoms with Crippen molar-refractivity contribution in [2.75, 3.05) is 5.73 Å². The quantitative estimate of drug-likeness (QED) is 0.457. The van der Waals surface area contributed by atoms with Crippen molar-refractivity contribution < 1.29 is 0 Å². The number of hydrogen-bond donors (Lipinski definition) is 3. The molecule has 2 heterocycles. The molecule has 140 valence electrons. The van der Waals surface area contributed by atoms with Gasteiger partial charge in [-0.05, 0) is 11.1 Å². The third-order valence-corrected chi connectivity index (χ3v) is 3.81. The Bertz CT molecular complexity index is 1030. The van der Waals surface area contributed by atoms with Crippen LogP contribution in [0.2, 0.25) is 0 Å². The Morgan fingerprint density at radius 3 is 1.85 bits per heavy atom. The van der Waals surface area contributed by atoms with Crippen molar-refractivity contribution in [2.24, 2.45) is 0 Å². The summed E-state index contributed by atoms with van der Waals surface area (Å²) in [4.78, 5) is 22.5. The van der Waals surface area contributed by atoms with E-state index >= 15 is 0 Å². The number of aromatic amines is 2. The Morgan fingerprint density at radius 2 is 1.30 bits per heavy atom. The molecule has 27 heavy (non-hydrogen) atoms. The van der Waals surface area contributed by atoms with Gasteiger partial charge in [-0.15, -0.1) is 0 Å². The van der Waals surface area contributed by atoms with Crippen LogP contribution in [-0.2, 0) is 0 Å². The normalized spacial score (nSPS) is 9.78. The second-order valence-electron chi connectivity index (χ2n) is 5.28. The van der Waals surface area contributed by atoms with E-state index in [2.05, 4.69) is 15.0 Å². The number of nitrogen functional groups attached to an aromatic ring is 1. The average Bonchev–Trinajstić information content (AvgIpc) is 3.12. The predicted molar refractivity (Wildman–Crippen MR) is 115 cm³/mol. The molecule has 0 atom stereocenters. The second kappa shape index (κ2) is 9.38. The monoisotopic (exact) mass is 362 g/mol. The maximum absolute atomic E-state index is 12.4. The van der Waals surface area contributed by atoms with Gasteiger partial charge in [-0.25, -0.2) is 0 Å². The van der Waals surface area contributed by atoms with E-state index in [4.69, 9.17) is 5.73 Å². The third kappa shape index (κ3) is 4.08. The first-order valence-electron chi connectivity index (χ1n) is 9.26. The van der Waals surface area contributed by atoms with Crippen LogP contribution in [-0.4, -0.2) is 15.0 Å². The lowest BCUT2D eigenvalue weighted by molar-refractivity contribution is 1.18. The van der Waals surface area contributed by atoms with Gasteiger partial charge in [0, 0.05) is 5.56 Å². The van der Waals surface area contributed by atoms with Crippen LogP contribution in [0.4, 0.5) is 5.95 Å². The van der Waals surface area contributed by atoms with Crippen LogP contribution >= 0.6 is 0 Å². The summed E-state index contributed by atoms with van der Waals surface area (Å²) in [5.41, 5.74) is 9.55. The molecule has 4 rings (SSSR count). The molecule has 4 aromatic rings. The van der Waals surface area contributed by atoms with Gasteiger partial charge in [-0.1, -0.05) is 88.4 Å². The summed E-state index contributed by atoms with van der Waals surface area (Å²) in [7, 11) is 0. The van der Waals surface area contributed by atoms with E-state index in [0.29, 0.717) is 11.0 Å². The summed E-state index contributed by atoms with van der Waals surface area (Å²) in [5.74, 6) is 0.1000. The van der Waals surface area contributed by atoms with Crippen LogP contribution in [0.1, 0.15) is 27.7 Å². The first kappa shape index (κ1) is 20.0. The van der Waals surface area contributed by atoms with Crippen molar-refractivity contribution in [3.8, 4) is 22.4 Å². The Labute approximate surface area is 159 Å². The minimum Gasteiger partial charge on any atom is -0.369 e. The zero-order chi connectivity index (χ0) is 19.8. The molecular weight excluding hydrogens is 336 g/mol. The fourth-order valence-electron chi connectivity index (χ4n) is 2.83. The molecule has 0 aliphatic rings. The standard InChI is InChI=1S/C18H14N4O.2C2H6/c19-18-21-16-14(17(23)22-18)13(11-7-3-1-4-8-11)15(20-16)12-9-5-2-6-10-12;2*1-2/h1-10H,(H4,19,20,21,22,23);2*1-2H3. The van der Waals surface area contributed by atoms with Crippen LogP contribution in [0.25, 0.3) is 33.4 Å². The molecule has 0 radical (unpaired) electrons. The summed E-state index contributed by atoms with van der Waals surface area (Å²) >= 11 is 0. The maximum atomic E-state index is 12.4. The van der Waals surface area contributed by atoms with E-state index in [-0.39, 0.29) is 11.5 Å². The topological polar surface area (TPSA) is 87.6 Å². The molecule has 0 saturated heterocycles. The van der Waals surface area contributed by atoms with E-state index in [1.165, 1.54) is 0 Å². The Balaban J connectivity index is 0.000000614. The lowest BCUT2D eigenvalue weighted by atomic mass is 9.99. The molecule has 5 nitrogen and oxygen atoms in total. The predicted octanol–water partition coefficient (Wildman–Crippen LogP) is 5.22. The van der Waals surface area contributed by atoms with Crippen LogP contribution in [0.3, 0.4) is 0 Å². The zero-order valence-corrected chi connectivity index (χ0v) is 16.2. The van der Waals surface area contributed by atoms with E-state index in [9.17, 15) is 4.79 Å². The molecule has 0 amide bonds. The Hall–Kier alpha value is -3.34. The van der Waals surface area contributed by atoms with E-state index in [1.54, 1.807) is 0 Å². The highest BCUT2D eigenvalue weighted by Gasteiger charge is 2.18. The van der Waals surface area contributed by atoms with Crippen molar-refractivity contribution in [3.63, 3.8) is 0 Å². The van der Waals surface area contributed by atoms with E-state index < -0.39 is 0 Å². The van der Waals surface area contributed by atoms with Gasteiger partial charge >= 0.3 is 0 Å². The molecule has 4 N–H and O–H groups in total. The zero-order valence-electron chi connectivity index (χ0n) is 16.2. The van der Waals surface area contributed by atoms with Crippen molar-refractivity contribution in [1.29, 1.82) is 0 Å². The summed E-state index contributed by atoms with van der Waals surface area (Å²) in [6.07, 6.45) is 0. The lowest BCUT2D eigenvalue weighted by Gasteiger charge is -2.05. The number of benzene rings is 2. The molecule has 5 heteroatoms. The van der Waals surface area contributed by atoms with Crippen LogP contribution in [0, 0.1) is 0 Å². The highest BCUT2D eigenvalue weighted by atomic mass is 16.1. The molecule has 0 fully saturated rings. The van der Waals surface area contributed by atoms with Crippen LogP contribution in [0.15, 0.2) is 65.5 Å². The Kier molecular flexibility index (Phi) is 6.94. The van der Waals surface area contributed by atoms with Gasteiger partial charge in [0.1, 0.15) is 5.65 Å². The van der Waals surface area contributed by atoms with Crippen molar-refractivity contribution >= 4 is 17.0 Å². The van der Waals surface area contributed by atoms with Crippen molar-refractivity contribution in [2.45, 2.75) is 27.7 Å². The number of aromatic nitrogens is 3. The smallest absolute Gasteiger partial charge is 0.262 e. The molecule has 0 bridgehead atoms. The molecule has 0 aliphatic carbocycles. The molecule has 0 saturated carbocycles. The number of rotatable bonds is 2. The van der Waals surface area contributed by atoms with Gasteiger partial charge < -0.3 is 10.7 Å². The first-order chi connectivity index (χ1) is 13.2. The molecular formula is C22H26N4O. The van der Waals surface area contributed by atoms with Gasteiger partial charge in [0.05, 0.1) is 11.1 Å². The van der Waals surface area contributed by atoms with E-state index in [0.717, 1.165) is 22.4 Å². The minimum atomic E-state index is -0.246. The number of nitrogens with zero attached hydrogens (tertiary/aromatic N) is 1. The number of fused-ring (bicyclic) bond motifs is 1. The minimum absolute atomic E-state index is 0.1000. The van der Waals surface area contributed by atoms with Crippen molar-refractivity contribution in [3.05, 3.63) is 71.0 Å². The molecule has 2 aromatic heterocycles. The van der Waals surface area contributed by atoms with Gasteiger partial charge in [-0.3, -0.25) is 9.78 Å². The van der Waals surface area contributed by atoms with E-state index in [1.807, 2.05) is 88.4 Å². The fourth-order valence-corrected chi connectivity index (χ4v) is 2.83. The number of anilines is 1. The average molecular weight is 362 g/mol. The summed E-state index contributed by atoms with van der Waals surface area (Å²) < 4.78 is 0. The van der Waals surface area contributed by atoms with Gasteiger partial charge in [0.25, 0.3) is 5.56 Å². The second-order valence-corrected chi connectivity index (χ2v) is 5.28. The number of hydrogen-bond acceptors (Lipinski definition) is 3. The van der Waals surface area contributed by atoms with Gasteiger partial charge in [0.2, 0.25) is 5.95 Å². The van der Waals surface area contributed by atoms with Crippen LogP contribution < -0.4 is 11.3 Å². The lowest BCUT2D eigenvalue weighted by Crippen LogP contribution is -2.10. The highest BCUT2D eigenvalue weighted by Crippen LogP contribution is 2.36. The number of H-pyrrole nitrogens is 2. The molecule has 0 unspecified atom stereocenters. The maximum Gasteiger partial charge on any atom is 0.262 e. The molecule has 2 aromatic carbocycles. The number of nitrogens with two attached hydrogens (primary N) is 1. The SMILES string of the molecule is CC.CC.Nc1nc2[nH]c(-c3ccccc3)c(-c3ccccc3)c2c(=O)[nH]1. The van der Waals surface area contributed by atoms with Gasteiger partial charge in [0.15, 0.2) is 0 Å². The van der Waals surface area contributed by atoms with Crippen molar-refractivity contribution in [1.82, 2.24) is 15.0 Å². The molecule has 0 aliphatic heterocycles. The summed E-state index contributed by atoms with van der Waals surface area (Å²) in [6, 6.07) is 19.7. The Morgan fingerprint density at radius 1 is 0.778 bits per heavy atom.